The topological polar surface area (TPSA) is 89.8 Å². The highest BCUT2D eigenvalue weighted by Gasteiger charge is 2.12. The Kier molecular flexibility index (Phi) is 5.93. The summed E-state index contributed by atoms with van der Waals surface area (Å²) in [6.45, 7) is 1.91. The Morgan fingerprint density at radius 3 is 2.63 bits per heavy atom. The summed E-state index contributed by atoms with van der Waals surface area (Å²) in [6.07, 6.45) is 1.25. The molecule has 27 heavy (non-hydrogen) atoms. The van der Waals surface area contributed by atoms with E-state index in [9.17, 15) is 9.59 Å². The molecule has 0 bridgehead atoms. The predicted octanol–water partition coefficient (Wildman–Crippen LogP) is 3.62. The monoisotopic (exact) mass is 383 g/mol. The third-order valence-electron chi connectivity index (χ3n) is 3.79. The highest BCUT2D eigenvalue weighted by atomic mass is 35.5. The van der Waals surface area contributed by atoms with Gasteiger partial charge in [0.05, 0.1) is 0 Å². The smallest absolute Gasteiger partial charge is 0.224 e. The highest BCUT2D eigenvalue weighted by molar-refractivity contribution is 6.30. The van der Waals surface area contributed by atoms with Crippen molar-refractivity contribution in [2.45, 2.75) is 26.3 Å². The summed E-state index contributed by atoms with van der Waals surface area (Å²) in [7, 11) is 0. The number of halogens is 1. The molecular formula is C19H18ClN5O2. The van der Waals surface area contributed by atoms with Gasteiger partial charge in [0.25, 0.3) is 0 Å². The van der Waals surface area contributed by atoms with Crippen molar-refractivity contribution < 1.29 is 9.59 Å². The average Bonchev–Trinajstić information content (AvgIpc) is 3.11. The highest BCUT2D eigenvalue weighted by Crippen LogP contribution is 2.18. The molecule has 0 spiro atoms. The first-order chi connectivity index (χ1) is 13.0. The standard InChI is InChI=1S/C19H18ClN5O2/c1-2-4-18(27)21-16-9-7-13(8-10-16)17(26)12-25-23-19(22-24-25)14-5-3-6-15(20)11-14/h3,5-11H,2,4,12H2,1H3,(H,21,27). The Bertz CT molecular complexity index is 953. The summed E-state index contributed by atoms with van der Waals surface area (Å²) in [6, 6.07) is 13.8. The van der Waals surface area contributed by atoms with Crippen LogP contribution in [0.4, 0.5) is 5.69 Å². The summed E-state index contributed by atoms with van der Waals surface area (Å²) < 4.78 is 0. The van der Waals surface area contributed by atoms with Crippen LogP contribution in [0.2, 0.25) is 5.02 Å². The van der Waals surface area contributed by atoms with Gasteiger partial charge in [-0.25, -0.2) is 0 Å². The molecule has 2 aromatic carbocycles. The van der Waals surface area contributed by atoms with Crippen LogP contribution in [0.25, 0.3) is 11.4 Å². The van der Waals surface area contributed by atoms with Crippen LogP contribution in [0.1, 0.15) is 30.1 Å². The fourth-order valence-corrected chi connectivity index (χ4v) is 2.65. The number of benzene rings is 2. The quantitative estimate of drug-likeness (QED) is 0.629. The third-order valence-corrected chi connectivity index (χ3v) is 4.02. The molecule has 1 amide bonds. The van der Waals surface area contributed by atoms with Crippen molar-refractivity contribution in [1.29, 1.82) is 0 Å². The number of amides is 1. The van der Waals surface area contributed by atoms with E-state index in [0.717, 1.165) is 12.0 Å². The van der Waals surface area contributed by atoms with Gasteiger partial charge < -0.3 is 5.32 Å². The van der Waals surface area contributed by atoms with Crippen molar-refractivity contribution in [3.05, 3.63) is 59.1 Å². The van der Waals surface area contributed by atoms with Crippen LogP contribution in [0, 0.1) is 0 Å². The molecule has 0 saturated carbocycles. The molecule has 0 atom stereocenters. The van der Waals surface area contributed by atoms with Crippen LogP contribution >= 0.6 is 11.6 Å². The van der Waals surface area contributed by atoms with E-state index >= 15 is 0 Å². The lowest BCUT2D eigenvalue weighted by atomic mass is 10.1. The number of rotatable bonds is 7. The Balaban J connectivity index is 1.64. The van der Waals surface area contributed by atoms with Gasteiger partial charge in [-0.2, -0.15) is 4.80 Å². The number of nitrogens with zero attached hydrogens (tertiary/aromatic N) is 4. The van der Waals surface area contributed by atoms with Gasteiger partial charge in [-0.05, 0) is 48.0 Å². The fraction of sp³-hybridized carbons (Fsp3) is 0.211. The lowest BCUT2D eigenvalue weighted by molar-refractivity contribution is -0.116. The number of Topliss-reactive ketones (excluding diaryl/α,β-unsaturated/α-hetero) is 1. The van der Waals surface area contributed by atoms with Gasteiger partial charge in [0.1, 0.15) is 6.54 Å². The molecule has 138 valence electrons. The lowest BCUT2D eigenvalue weighted by Crippen LogP contribution is -2.14. The molecule has 1 aromatic heterocycles. The summed E-state index contributed by atoms with van der Waals surface area (Å²) in [5, 5.41) is 15.5. The second-order valence-corrected chi connectivity index (χ2v) is 6.39. The van der Waals surface area contributed by atoms with E-state index in [0.29, 0.717) is 28.5 Å². The molecule has 0 aliphatic heterocycles. The molecule has 3 rings (SSSR count). The summed E-state index contributed by atoms with van der Waals surface area (Å²) in [4.78, 5) is 25.3. The lowest BCUT2D eigenvalue weighted by Gasteiger charge is -2.05. The van der Waals surface area contributed by atoms with Gasteiger partial charge in [0.15, 0.2) is 5.78 Å². The van der Waals surface area contributed by atoms with E-state index in [1.807, 2.05) is 13.0 Å². The Morgan fingerprint density at radius 1 is 1.15 bits per heavy atom. The molecule has 1 N–H and O–H groups in total. The van der Waals surface area contributed by atoms with Crippen LogP contribution in [-0.2, 0) is 11.3 Å². The van der Waals surface area contributed by atoms with E-state index < -0.39 is 0 Å². The van der Waals surface area contributed by atoms with Crippen molar-refractivity contribution in [1.82, 2.24) is 20.2 Å². The van der Waals surface area contributed by atoms with Crippen LogP contribution in [0.3, 0.4) is 0 Å². The van der Waals surface area contributed by atoms with E-state index in [1.165, 1.54) is 4.80 Å². The molecule has 0 unspecified atom stereocenters. The zero-order chi connectivity index (χ0) is 19.2. The zero-order valence-electron chi connectivity index (χ0n) is 14.7. The maximum atomic E-state index is 12.4. The number of aromatic nitrogens is 4. The summed E-state index contributed by atoms with van der Waals surface area (Å²) >= 11 is 5.96. The van der Waals surface area contributed by atoms with E-state index in [2.05, 4.69) is 20.7 Å². The van der Waals surface area contributed by atoms with Crippen molar-refractivity contribution >= 4 is 29.0 Å². The summed E-state index contributed by atoms with van der Waals surface area (Å²) in [5.74, 6) is 0.202. The van der Waals surface area contributed by atoms with E-state index in [1.54, 1.807) is 42.5 Å². The Labute approximate surface area is 161 Å². The number of ketones is 1. The number of tetrazole rings is 1. The molecule has 0 saturated heterocycles. The first-order valence-corrected chi connectivity index (χ1v) is 8.90. The van der Waals surface area contributed by atoms with Crippen molar-refractivity contribution in [3.8, 4) is 11.4 Å². The van der Waals surface area contributed by atoms with Crippen molar-refractivity contribution in [2.24, 2.45) is 0 Å². The molecule has 0 aliphatic carbocycles. The molecule has 3 aromatic rings. The minimum absolute atomic E-state index is 0.0326. The number of hydrogen-bond donors (Lipinski definition) is 1. The zero-order valence-corrected chi connectivity index (χ0v) is 15.5. The normalized spacial score (nSPS) is 10.6. The second kappa shape index (κ2) is 8.55. The van der Waals surface area contributed by atoms with Crippen LogP contribution in [-0.4, -0.2) is 31.9 Å². The predicted molar refractivity (Wildman–Crippen MR) is 103 cm³/mol. The molecule has 7 nitrogen and oxygen atoms in total. The number of carbonyl (C=O) groups excluding carboxylic acids is 2. The molecule has 8 heteroatoms. The van der Waals surface area contributed by atoms with Crippen molar-refractivity contribution in [3.63, 3.8) is 0 Å². The molecule has 1 heterocycles. The number of anilines is 1. The number of nitrogens with one attached hydrogen (secondary N) is 1. The first-order valence-electron chi connectivity index (χ1n) is 8.52. The van der Waals surface area contributed by atoms with Crippen LogP contribution in [0.15, 0.2) is 48.5 Å². The number of carbonyl (C=O) groups is 2. The van der Waals surface area contributed by atoms with Crippen LogP contribution in [0.5, 0.6) is 0 Å². The molecule has 0 fully saturated rings. The molecular weight excluding hydrogens is 366 g/mol. The minimum atomic E-state index is -0.156. The molecule has 0 aliphatic rings. The first kappa shape index (κ1) is 18.7. The number of hydrogen-bond acceptors (Lipinski definition) is 5. The van der Waals surface area contributed by atoms with E-state index in [4.69, 9.17) is 11.6 Å². The van der Waals surface area contributed by atoms with Gasteiger partial charge in [-0.3, -0.25) is 9.59 Å². The maximum Gasteiger partial charge on any atom is 0.224 e. The average molecular weight is 384 g/mol. The maximum absolute atomic E-state index is 12.4. The Hall–Kier alpha value is -3.06. The second-order valence-electron chi connectivity index (χ2n) is 5.95. The van der Waals surface area contributed by atoms with Gasteiger partial charge in [-0.15, -0.1) is 10.2 Å². The largest absolute Gasteiger partial charge is 0.326 e. The SMILES string of the molecule is CCCC(=O)Nc1ccc(C(=O)Cn2nnc(-c3cccc(Cl)c3)n2)cc1. The van der Waals surface area contributed by atoms with Gasteiger partial charge in [0.2, 0.25) is 11.7 Å². The minimum Gasteiger partial charge on any atom is -0.326 e. The van der Waals surface area contributed by atoms with Gasteiger partial charge >= 0.3 is 0 Å². The van der Waals surface area contributed by atoms with Gasteiger partial charge in [-0.1, -0.05) is 30.7 Å². The molecule has 0 radical (unpaired) electrons. The van der Waals surface area contributed by atoms with Gasteiger partial charge in [0, 0.05) is 28.3 Å². The summed E-state index contributed by atoms with van der Waals surface area (Å²) in [5.41, 5.74) is 1.89. The Morgan fingerprint density at radius 2 is 1.93 bits per heavy atom. The fourth-order valence-electron chi connectivity index (χ4n) is 2.46. The van der Waals surface area contributed by atoms with Crippen LogP contribution < -0.4 is 5.32 Å². The van der Waals surface area contributed by atoms with E-state index in [-0.39, 0.29) is 18.2 Å². The third kappa shape index (κ3) is 4.98. The van der Waals surface area contributed by atoms with Crippen molar-refractivity contribution in [2.75, 3.05) is 5.32 Å².